The Hall–Kier alpha value is -1.04. The number of methoxy groups -OCH3 is 1. The van der Waals surface area contributed by atoms with E-state index in [9.17, 15) is 13.9 Å². The Morgan fingerprint density at radius 3 is 2.47 bits per heavy atom. The van der Waals surface area contributed by atoms with E-state index in [1.807, 2.05) is 13.8 Å². The van der Waals surface area contributed by atoms with E-state index in [1.165, 1.54) is 6.07 Å². The number of aliphatic hydroxyl groups is 1. The lowest BCUT2D eigenvalue weighted by Gasteiger charge is -2.11. The van der Waals surface area contributed by atoms with Gasteiger partial charge in [0.2, 0.25) is 0 Å². The summed E-state index contributed by atoms with van der Waals surface area (Å²) in [5, 5.41) is 12.8. The molecule has 1 aromatic rings. The molecule has 0 aliphatic rings. The molecule has 0 spiro atoms. The van der Waals surface area contributed by atoms with Gasteiger partial charge in [0.15, 0.2) is 11.6 Å². The summed E-state index contributed by atoms with van der Waals surface area (Å²) in [6.45, 7) is 5.88. The van der Waals surface area contributed by atoms with Crippen molar-refractivity contribution >= 4 is 0 Å². The van der Waals surface area contributed by atoms with Gasteiger partial charge in [-0.15, -0.1) is 0 Å². The number of nitrogens with one attached hydrogen (secondary N) is 1. The number of hydrogen-bond donors (Lipinski definition) is 2. The van der Waals surface area contributed by atoms with Crippen LogP contribution in [-0.2, 0) is 4.74 Å². The molecule has 0 aliphatic heterocycles. The van der Waals surface area contributed by atoms with E-state index in [0.717, 1.165) is 12.1 Å². The van der Waals surface area contributed by atoms with Gasteiger partial charge in [-0.05, 0) is 30.7 Å². The predicted molar refractivity (Wildman–Crippen MR) is 72.0 cm³/mol. The van der Waals surface area contributed by atoms with Crippen LogP contribution in [0.1, 0.15) is 31.9 Å². The van der Waals surface area contributed by atoms with E-state index in [1.54, 1.807) is 7.11 Å². The van der Waals surface area contributed by atoms with Gasteiger partial charge in [0.25, 0.3) is 0 Å². The maximum absolute atomic E-state index is 12.9. The largest absolute Gasteiger partial charge is 0.388 e. The fraction of sp³-hybridized carbons (Fsp3) is 0.571. The molecule has 19 heavy (non-hydrogen) atoms. The summed E-state index contributed by atoms with van der Waals surface area (Å²) in [6, 6.07) is 3.43. The van der Waals surface area contributed by atoms with Crippen molar-refractivity contribution in [1.82, 2.24) is 5.32 Å². The van der Waals surface area contributed by atoms with E-state index in [0.29, 0.717) is 31.7 Å². The first-order valence-corrected chi connectivity index (χ1v) is 6.48. The standard InChI is InChI=1S/C12H17F2NO2.C2H6/c1-17-7-6-15-5-4-12(16)9-2-3-10(13)11(14)8-9;1-2/h2-3,8,12,15-16H,4-7H2,1H3;1-2H3/t12-;/m1./s1. The van der Waals surface area contributed by atoms with Gasteiger partial charge in [0.05, 0.1) is 12.7 Å². The predicted octanol–water partition coefficient (Wildman–Crippen LogP) is 2.65. The zero-order valence-corrected chi connectivity index (χ0v) is 11.7. The smallest absolute Gasteiger partial charge is 0.159 e. The Balaban J connectivity index is 0.00000154. The van der Waals surface area contributed by atoms with Crippen molar-refractivity contribution in [3.05, 3.63) is 35.4 Å². The minimum absolute atomic E-state index is 0.387. The Kier molecular flexibility index (Phi) is 10.2. The molecule has 2 N–H and O–H groups in total. The summed E-state index contributed by atoms with van der Waals surface area (Å²) < 4.78 is 30.4. The number of aliphatic hydroxyl groups excluding tert-OH is 1. The Morgan fingerprint density at radius 2 is 1.89 bits per heavy atom. The zero-order chi connectivity index (χ0) is 14.7. The van der Waals surface area contributed by atoms with Crippen LogP contribution in [0.4, 0.5) is 8.78 Å². The van der Waals surface area contributed by atoms with Gasteiger partial charge < -0.3 is 15.2 Å². The van der Waals surface area contributed by atoms with Crippen molar-refractivity contribution in [2.75, 3.05) is 26.8 Å². The number of hydrogen-bond acceptors (Lipinski definition) is 3. The van der Waals surface area contributed by atoms with E-state index >= 15 is 0 Å². The van der Waals surface area contributed by atoms with Gasteiger partial charge in [-0.2, -0.15) is 0 Å². The Labute approximate surface area is 113 Å². The monoisotopic (exact) mass is 275 g/mol. The van der Waals surface area contributed by atoms with E-state index in [4.69, 9.17) is 4.74 Å². The van der Waals surface area contributed by atoms with E-state index in [-0.39, 0.29) is 0 Å². The molecule has 0 fully saturated rings. The number of halogens is 2. The Morgan fingerprint density at radius 1 is 1.21 bits per heavy atom. The van der Waals surface area contributed by atoms with Crippen LogP contribution in [0.25, 0.3) is 0 Å². The second kappa shape index (κ2) is 10.8. The topological polar surface area (TPSA) is 41.5 Å². The lowest BCUT2D eigenvalue weighted by Crippen LogP contribution is -2.21. The molecule has 1 atom stereocenters. The van der Waals surface area contributed by atoms with Crippen LogP contribution in [-0.4, -0.2) is 31.9 Å². The van der Waals surface area contributed by atoms with Crippen LogP contribution in [0, 0.1) is 11.6 Å². The molecule has 0 radical (unpaired) electrons. The SMILES string of the molecule is CC.COCCNCC[C@@H](O)c1ccc(F)c(F)c1. The van der Waals surface area contributed by atoms with Gasteiger partial charge in [-0.3, -0.25) is 0 Å². The third-order valence-electron chi connectivity index (χ3n) is 2.41. The number of ether oxygens (including phenoxy) is 1. The van der Waals surface area contributed by atoms with Gasteiger partial charge in [0.1, 0.15) is 0 Å². The highest BCUT2D eigenvalue weighted by atomic mass is 19.2. The molecule has 0 bridgehead atoms. The molecular formula is C14H23F2NO2. The average Bonchev–Trinajstić information content (AvgIpc) is 2.43. The molecule has 0 heterocycles. The summed E-state index contributed by atoms with van der Waals surface area (Å²) in [6.07, 6.45) is -0.352. The molecule has 5 heteroatoms. The average molecular weight is 275 g/mol. The van der Waals surface area contributed by atoms with Crippen LogP contribution in [0.2, 0.25) is 0 Å². The first-order chi connectivity index (χ1) is 9.15. The van der Waals surface area contributed by atoms with Crippen molar-refractivity contribution in [3.8, 4) is 0 Å². The van der Waals surface area contributed by atoms with Crippen LogP contribution in [0.5, 0.6) is 0 Å². The van der Waals surface area contributed by atoms with Crippen LogP contribution in [0.3, 0.4) is 0 Å². The van der Waals surface area contributed by atoms with Crippen LogP contribution < -0.4 is 5.32 Å². The van der Waals surface area contributed by atoms with Crippen molar-refractivity contribution in [3.63, 3.8) is 0 Å². The lowest BCUT2D eigenvalue weighted by molar-refractivity contribution is 0.162. The molecule has 3 nitrogen and oxygen atoms in total. The van der Waals surface area contributed by atoms with E-state index < -0.39 is 17.7 Å². The molecule has 0 saturated carbocycles. The highest BCUT2D eigenvalue weighted by molar-refractivity contribution is 5.19. The molecule has 0 aliphatic carbocycles. The van der Waals surface area contributed by atoms with Crippen molar-refractivity contribution in [2.24, 2.45) is 0 Å². The molecule has 110 valence electrons. The van der Waals surface area contributed by atoms with Crippen LogP contribution in [0.15, 0.2) is 18.2 Å². The maximum atomic E-state index is 12.9. The molecule has 0 amide bonds. The fourth-order valence-electron chi connectivity index (χ4n) is 1.42. The van der Waals surface area contributed by atoms with Crippen molar-refractivity contribution < 1.29 is 18.6 Å². The second-order valence-corrected chi connectivity index (χ2v) is 3.72. The molecule has 0 aromatic heterocycles. The first-order valence-electron chi connectivity index (χ1n) is 6.48. The van der Waals surface area contributed by atoms with Gasteiger partial charge in [0, 0.05) is 13.7 Å². The summed E-state index contributed by atoms with van der Waals surface area (Å²) >= 11 is 0. The summed E-state index contributed by atoms with van der Waals surface area (Å²) in [5.41, 5.74) is 0.387. The van der Waals surface area contributed by atoms with Gasteiger partial charge in [-0.1, -0.05) is 19.9 Å². The highest BCUT2D eigenvalue weighted by Gasteiger charge is 2.10. The molecule has 0 unspecified atom stereocenters. The molecule has 1 rings (SSSR count). The minimum Gasteiger partial charge on any atom is -0.388 e. The quantitative estimate of drug-likeness (QED) is 0.752. The molecule has 1 aromatic carbocycles. The maximum Gasteiger partial charge on any atom is 0.159 e. The third-order valence-corrected chi connectivity index (χ3v) is 2.41. The van der Waals surface area contributed by atoms with Gasteiger partial charge >= 0.3 is 0 Å². The highest BCUT2D eigenvalue weighted by Crippen LogP contribution is 2.18. The zero-order valence-electron chi connectivity index (χ0n) is 11.7. The minimum atomic E-state index is -0.936. The van der Waals surface area contributed by atoms with Crippen LogP contribution >= 0.6 is 0 Å². The molecule has 0 saturated heterocycles. The number of benzene rings is 1. The van der Waals surface area contributed by atoms with Crippen molar-refractivity contribution in [1.29, 1.82) is 0 Å². The van der Waals surface area contributed by atoms with Gasteiger partial charge in [-0.25, -0.2) is 8.78 Å². The lowest BCUT2D eigenvalue weighted by atomic mass is 10.1. The number of rotatable bonds is 7. The fourth-order valence-corrected chi connectivity index (χ4v) is 1.42. The normalized spacial score (nSPS) is 11.7. The molecular weight excluding hydrogens is 252 g/mol. The summed E-state index contributed by atoms with van der Waals surface area (Å²) in [4.78, 5) is 0. The third kappa shape index (κ3) is 7.20. The Bertz CT molecular complexity index is 348. The van der Waals surface area contributed by atoms with E-state index in [2.05, 4.69) is 5.32 Å². The summed E-state index contributed by atoms with van der Waals surface area (Å²) in [5.74, 6) is -1.84. The summed E-state index contributed by atoms with van der Waals surface area (Å²) in [7, 11) is 1.61. The second-order valence-electron chi connectivity index (χ2n) is 3.72. The van der Waals surface area contributed by atoms with Crippen molar-refractivity contribution in [2.45, 2.75) is 26.4 Å². The first kappa shape index (κ1) is 18.0.